The molecule has 0 bridgehead atoms. The summed E-state index contributed by atoms with van der Waals surface area (Å²) < 4.78 is 26.1. The van der Waals surface area contributed by atoms with Gasteiger partial charge in [-0.05, 0) is 31.5 Å². The fourth-order valence-electron chi connectivity index (χ4n) is 1.79. The molecule has 3 nitrogen and oxygen atoms in total. The zero-order chi connectivity index (χ0) is 15.2. The number of rotatable bonds is 4. The smallest absolute Gasteiger partial charge is 0.212 e. The van der Waals surface area contributed by atoms with Crippen molar-refractivity contribution < 1.29 is 8.78 Å². The largest absolute Gasteiger partial charge is 0.341 e. The third-order valence-corrected chi connectivity index (χ3v) is 2.88. The number of nitrogens with one attached hydrogen (secondary N) is 1. The van der Waals surface area contributed by atoms with Crippen LogP contribution in [0.15, 0.2) is 47.6 Å². The molecule has 1 atom stereocenters. The number of amidine groups is 1. The first-order chi connectivity index (χ1) is 10.0. The lowest BCUT2D eigenvalue weighted by Gasteiger charge is -2.11. The molecule has 0 spiro atoms. The van der Waals surface area contributed by atoms with Crippen LogP contribution >= 0.6 is 0 Å². The molecule has 0 amide bonds. The lowest BCUT2D eigenvalue weighted by atomic mass is 10.1. The number of nitrogens with zero attached hydrogens (tertiary/aromatic N) is 2. The topological polar surface area (TPSA) is 37.3 Å². The predicted octanol–water partition coefficient (Wildman–Crippen LogP) is 3.38. The Morgan fingerprint density at radius 2 is 1.95 bits per heavy atom. The number of pyridine rings is 1. The Hall–Kier alpha value is -2.30. The summed E-state index contributed by atoms with van der Waals surface area (Å²) in [6.07, 6.45) is 0.0745. The van der Waals surface area contributed by atoms with Crippen LogP contribution < -0.4 is 5.32 Å². The van der Waals surface area contributed by atoms with E-state index in [-0.39, 0.29) is 0 Å². The summed E-state index contributed by atoms with van der Waals surface area (Å²) in [4.78, 5) is 7.93. The molecule has 2 aromatic rings. The molecule has 110 valence electrons. The van der Waals surface area contributed by atoms with Crippen molar-refractivity contribution in [3.05, 3.63) is 65.2 Å². The van der Waals surface area contributed by atoms with E-state index in [1.54, 1.807) is 0 Å². The number of benzene rings is 1. The maximum Gasteiger partial charge on any atom is 0.212 e. The molecular formula is C16H17F2N3. The van der Waals surface area contributed by atoms with Crippen molar-refractivity contribution in [1.82, 2.24) is 10.3 Å². The third kappa shape index (κ3) is 4.63. The molecule has 1 aromatic heterocycles. The van der Waals surface area contributed by atoms with Gasteiger partial charge in [0.1, 0.15) is 5.84 Å². The maximum absolute atomic E-state index is 13.2. The van der Waals surface area contributed by atoms with Gasteiger partial charge in [0.05, 0.1) is 6.54 Å². The van der Waals surface area contributed by atoms with E-state index >= 15 is 0 Å². The summed E-state index contributed by atoms with van der Waals surface area (Å²) in [5.74, 6) is -0.219. The van der Waals surface area contributed by atoms with E-state index in [4.69, 9.17) is 0 Å². The highest BCUT2D eigenvalue weighted by Gasteiger charge is 2.07. The number of halogens is 2. The predicted molar refractivity (Wildman–Crippen MR) is 79.3 cm³/mol. The fourth-order valence-corrected chi connectivity index (χ4v) is 1.79. The van der Waals surface area contributed by atoms with E-state index in [0.717, 1.165) is 5.56 Å². The van der Waals surface area contributed by atoms with Crippen LogP contribution in [0.25, 0.3) is 0 Å². The zero-order valence-corrected chi connectivity index (χ0v) is 12.0. The van der Waals surface area contributed by atoms with E-state index < -0.39 is 12.2 Å². The number of alkyl halides is 1. The molecule has 0 aliphatic carbocycles. The van der Waals surface area contributed by atoms with E-state index in [1.165, 1.54) is 30.8 Å². The van der Waals surface area contributed by atoms with E-state index in [9.17, 15) is 8.78 Å². The number of aryl methyl sites for hydroxylation is 1. The van der Waals surface area contributed by atoms with Crippen molar-refractivity contribution in [1.29, 1.82) is 0 Å². The highest BCUT2D eigenvalue weighted by molar-refractivity contribution is 5.98. The SMILES string of the molecule is Cc1ccc(CN=C(NC(C)F)c2ccc(F)nc2)cc1. The van der Waals surface area contributed by atoms with Crippen molar-refractivity contribution in [2.75, 3.05) is 0 Å². The molecule has 0 aliphatic heterocycles. The number of aromatic nitrogens is 1. The van der Waals surface area contributed by atoms with Crippen LogP contribution in [0.4, 0.5) is 8.78 Å². The standard InChI is InChI=1S/C16H17F2N3/c1-11-3-5-13(6-4-11)9-20-16(21-12(2)17)14-7-8-15(18)19-10-14/h3-8,10,12H,9H2,1-2H3,(H,20,21). The molecule has 5 heteroatoms. The zero-order valence-electron chi connectivity index (χ0n) is 12.0. The molecule has 0 radical (unpaired) electrons. The molecule has 0 saturated carbocycles. The lowest BCUT2D eigenvalue weighted by molar-refractivity contribution is 0.339. The van der Waals surface area contributed by atoms with Crippen molar-refractivity contribution >= 4 is 5.84 Å². The summed E-state index contributed by atoms with van der Waals surface area (Å²) in [6.45, 7) is 3.79. The van der Waals surface area contributed by atoms with E-state index in [0.29, 0.717) is 17.9 Å². The van der Waals surface area contributed by atoms with Gasteiger partial charge in [-0.3, -0.25) is 4.99 Å². The molecule has 1 unspecified atom stereocenters. The molecule has 0 saturated heterocycles. The summed E-state index contributed by atoms with van der Waals surface area (Å²) in [7, 11) is 0. The second-order valence-electron chi connectivity index (χ2n) is 4.78. The number of hydrogen-bond donors (Lipinski definition) is 1. The van der Waals surface area contributed by atoms with Gasteiger partial charge in [-0.1, -0.05) is 29.8 Å². The Balaban J connectivity index is 2.20. The molecular weight excluding hydrogens is 272 g/mol. The highest BCUT2D eigenvalue weighted by atomic mass is 19.1. The first-order valence-corrected chi connectivity index (χ1v) is 6.67. The van der Waals surface area contributed by atoms with Crippen molar-refractivity contribution in [3.8, 4) is 0 Å². The molecule has 0 fully saturated rings. The average molecular weight is 289 g/mol. The Kier molecular flexibility index (Phi) is 4.98. The van der Waals surface area contributed by atoms with Gasteiger partial charge < -0.3 is 5.32 Å². The van der Waals surface area contributed by atoms with Crippen LogP contribution in [-0.2, 0) is 6.54 Å². The fraction of sp³-hybridized carbons (Fsp3) is 0.250. The average Bonchev–Trinajstić information content (AvgIpc) is 2.46. The molecule has 2 rings (SSSR count). The second-order valence-corrected chi connectivity index (χ2v) is 4.78. The summed E-state index contributed by atoms with van der Waals surface area (Å²) >= 11 is 0. The van der Waals surface area contributed by atoms with Crippen molar-refractivity contribution in [2.45, 2.75) is 26.7 Å². The highest BCUT2D eigenvalue weighted by Crippen LogP contribution is 2.07. The number of aliphatic imine (C=N–C) groups is 1. The van der Waals surface area contributed by atoms with Gasteiger partial charge in [0.2, 0.25) is 5.95 Å². The van der Waals surface area contributed by atoms with Crippen molar-refractivity contribution in [2.24, 2.45) is 4.99 Å². The molecule has 1 aromatic carbocycles. The van der Waals surface area contributed by atoms with Crippen LogP contribution in [0.1, 0.15) is 23.6 Å². The van der Waals surface area contributed by atoms with Gasteiger partial charge >= 0.3 is 0 Å². The monoisotopic (exact) mass is 289 g/mol. The van der Waals surface area contributed by atoms with Gasteiger partial charge in [0.25, 0.3) is 0 Å². The summed E-state index contributed by atoms with van der Waals surface area (Å²) in [6, 6.07) is 10.7. The van der Waals surface area contributed by atoms with Crippen LogP contribution in [0.2, 0.25) is 0 Å². The lowest BCUT2D eigenvalue weighted by Crippen LogP contribution is -2.30. The van der Waals surface area contributed by atoms with E-state index in [2.05, 4.69) is 15.3 Å². The third-order valence-electron chi connectivity index (χ3n) is 2.88. The van der Waals surface area contributed by atoms with Crippen LogP contribution in [-0.4, -0.2) is 17.1 Å². The Morgan fingerprint density at radius 1 is 1.24 bits per heavy atom. The second kappa shape index (κ2) is 6.92. The normalized spacial score (nSPS) is 13.0. The Labute approximate surface area is 122 Å². The maximum atomic E-state index is 13.2. The van der Waals surface area contributed by atoms with E-state index in [1.807, 2.05) is 31.2 Å². The molecule has 0 aliphatic rings. The van der Waals surface area contributed by atoms with Gasteiger partial charge in [-0.2, -0.15) is 4.39 Å². The van der Waals surface area contributed by atoms with Crippen molar-refractivity contribution in [3.63, 3.8) is 0 Å². The molecule has 1 heterocycles. The van der Waals surface area contributed by atoms with Crippen LogP contribution in [0.5, 0.6) is 0 Å². The van der Waals surface area contributed by atoms with Crippen LogP contribution in [0.3, 0.4) is 0 Å². The number of hydrogen-bond acceptors (Lipinski definition) is 2. The van der Waals surface area contributed by atoms with Gasteiger partial charge in [0, 0.05) is 11.8 Å². The first-order valence-electron chi connectivity index (χ1n) is 6.67. The summed E-state index contributed by atoms with van der Waals surface area (Å²) in [5, 5.41) is 2.62. The van der Waals surface area contributed by atoms with Gasteiger partial charge in [-0.15, -0.1) is 0 Å². The summed E-state index contributed by atoms with van der Waals surface area (Å²) in [5.41, 5.74) is 2.73. The quantitative estimate of drug-likeness (QED) is 0.405. The molecule has 1 N–H and O–H groups in total. The van der Waals surface area contributed by atoms with Gasteiger partial charge in [0.15, 0.2) is 6.30 Å². The minimum absolute atomic E-state index is 0.359. The minimum atomic E-state index is -1.26. The Morgan fingerprint density at radius 3 is 2.52 bits per heavy atom. The Bertz CT molecular complexity index is 604. The van der Waals surface area contributed by atoms with Gasteiger partial charge in [-0.25, -0.2) is 9.37 Å². The molecule has 21 heavy (non-hydrogen) atoms. The first kappa shape index (κ1) is 15.1. The minimum Gasteiger partial charge on any atom is -0.341 e. The van der Waals surface area contributed by atoms with Crippen LogP contribution in [0, 0.1) is 12.9 Å².